The predicted molar refractivity (Wildman–Crippen MR) is 164 cm³/mol. The minimum Gasteiger partial charge on any atom is -0.466 e. The monoisotopic (exact) mass is 672 g/mol. The second-order valence-corrected chi connectivity index (χ2v) is 11.0. The van der Waals surface area contributed by atoms with E-state index in [0.717, 1.165) is 31.9 Å². The molecule has 0 saturated carbocycles. The van der Waals surface area contributed by atoms with E-state index in [1.54, 1.807) is 18.2 Å². The van der Waals surface area contributed by atoms with E-state index in [1.807, 2.05) is 24.3 Å². The van der Waals surface area contributed by atoms with E-state index in [-0.39, 0.29) is 24.9 Å². The number of benzene rings is 2. The molecule has 1 aliphatic heterocycles. The molecule has 0 spiro atoms. The molecule has 2 aromatic rings. The summed E-state index contributed by atoms with van der Waals surface area (Å²) in [5, 5.41) is 0. The molecule has 0 bridgehead atoms. The molecule has 0 aliphatic carbocycles. The minimum atomic E-state index is -1.46. The molecule has 0 N–H and O–H groups in total. The number of hydrogen-bond donors (Lipinski definition) is 0. The van der Waals surface area contributed by atoms with Gasteiger partial charge in [-0.3, -0.25) is 28.8 Å². The Morgan fingerprint density at radius 1 is 0.604 bits per heavy atom. The molecule has 0 amide bonds. The Kier molecular flexibility index (Phi) is 13.9. The van der Waals surface area contributed by atoms with Gasteiger partial charge in [0.2, 0.25) is 12.4 Å². The van der Waals surface area contributed by atoms with Gasteiger partial charge in [0, 0.05) is 54.4 Å². The summed E-state index contributed by atoms with van der Waals surface area (Å²) in [4.78, 5) is 70.9. The van der Waals surface area contributed by atoms with Gasteiger partial charge in [-0.25, -0.2) is 0 Å². The van der Waals surface area contributed by atoms with Crippen molar-refractivity contribution in [3.63, 3.8) is 0 Å². The second kappa shape index (κ2) is 17.8. The molecule has 0 unspecified atom stereocenters. The van der Waals surface area contributed by atoms with Gasteiger partial charge >= 0.3 is 35.8 Å². The average molecular weight is 673 g/mol. The first-order valence-electron chi connectivity index (χ1n) is 15.1. The average Bonchev–Trinajstić information content (AvgIpc) is 2.99. The van der Waals surface area contributed by atoms with Crippen molar-refractivity contribution in [2.75, 3.05) is 13.2 Å². The standard InChI is InChI=1S/C34H40O14/c1-19(35)41-14-13-25-7-9-26(10-8-25)15-28-12-11-27(17-42-20(2)36)16-29(28)47-34-33(46-24(6)40)32(45-23(5)39)31(44-22(4)38)30(48-34)18-43-21(3)37/h7-12,16,30-34H,13-15,17-18H2,1-6H3/t30-,31-,32+,33-,34-/m1/s1. The van der Waals surface area contributed by atoms with E-state index in [9.17, 15) is 28.8 Å². The Bertz CT molecular complexity index is 1470. The number of esters is 6. The van der Waals surface area contributed by atoms with Crippen molar-refractivity contribution in [2.45, 2.75) is 91.7 Å². The Balaban J connectivity index is 2.02. The smallest absolute Gasteiger partial charge is 0.303 e. The summed E-state index contributed by atoms with van der Waals surface area (Å²) in [6.07, 6.45) is -5.96. The summed E-state index contributed by atoms with van der Waals surface area (Å²) < 4.78 is 44.3. The summed E-state index contributed by atoms with van der Waals surface area (Å²) >= 11 is 0. The number of carbonyl (C=O) groups is 6. The van der Waals surface area contributed by atoms with Crippen LogP contribution in [0.5, 0.6) is 5.75 Å². The lowest BCUT2D eigenvalue weighted by atomic mass is 9.97. The summed E-state index contributed by atoms with van der Waals surface area (Å²) in [7, 11) is 0. The van der Waals surface area contributed by atoms with Crippen LogP contribution in [-0.2, 0) is 81.4 Å². The number of carbonyl (C=O) groups excluding carboxylic acids is 6. The van der Waals surface area contributed by atoms with Crippen molar-refractivity contribution < 1.29 is 66.7 Å². The molecule has 1 aliphatic rings. The third kappa shape index (κ3) is 12.0. The number of hydrogen-bond acceptors (Lipinski definition) is 14. The third-order valence-electron chi connectivity index (χ3n) is 6.88. The van der Waals surface area contributed by atoms with Gasteiger partial charge in [-0.1, -0.05) is 36.4 Å². The Morgan fingerprint density at radius 2 is 1.15 bits per heavy atom. The van der Waals surface area contributed by atoms with Crippen LogP contribution in [0.1, 0.15) is 63.8 Å². The van der Waals surface area contributed by atoms with E-state index < -0.39 is 67.2 Å². The summed E-state index contributed by atoms with van der Waals surface area (Å²) in [6, 6.07) is 12.8. The maximum absolute atomic E-state index is 12.3. The third-order valence-corrected chi connectivity index (χ3v) is 6.88. The summed E-state index contributed by atoms with van der Waals surface area (Å²) in [5.74, 6) is -3.55. The molecule has 0 aromatic heterocycles. The molecule has 5 atom stereocenters. The molecule has 260 valence electrons. The van der Waals surface area contributed by atoms with Crippen molar-refractivity contribution in [3.05, 3.63) is 64.7 Å². The van der Waals surface area contributed by atoms with Crippen molar-refractivity contribution in [3.8, 4) is 5.75 Å². The first kappa shape index (κ1) is 37.5. The van der Waals surface area contributed by atoms with Crippen LogP contribution in [0.4, 0.5) is 0 Å². The Morgan fingerprint density at radius 3 is 1.73 bits per heavy atom. The second-order valence-electron chi connectivity index (χ2n) is 11.0. The molecule has 48 heavy (non-hydrogen) atoms. The lowest BCUT2D eigenvalue weighted by Gasteiger charge is -2.44. The molecule has 0 radical (unpaired) electrons. The lowest BCUT2D eigenvalue weighted by molar-refractivity contribution is -0.288. The Labute approximate surface area is 277 Å². The highest BCUT2D eigenvalue weighted by molar-refractivity contribution is 5.69. The van der Waals surface area contributed by atoms with Crippen LogP contribution in [-0.4, -0.2) is 79.7 Å². The fourth-order valence-electron chi connectivity index (χ4n) is 4.89. The highest BCUT2D eigenvalue weighted by atomic mass is 16.7. The van der Waals surface area contributed by atoms with Gasteiger partial charge in [0.15, 0.2) is 12.2 Å². The van der Waals surface area contributed by atoms with E-state index in [2.05, 4.69) is 0 Å². The predicted octanol–water partition coefficient (Wildman–Crippen LogP) is 2.91. The first-order valence-corrected chi connectivity index (χ1v) is 15.1. The van der Waals surface area contributed by atoms with E-state index in [4.69, 9.17) is 37.9 Å². The highest BCUT2D eigenvalue weighted by Crippen LogP contribution is 2.33. The van der Waals surface area contributed by atoms with Crippen molar-refractivity contribution >= 4 is 35.8 Å². The quantitative estimate of drug-likeness (QED) is 0.211. The van der Waals surface area contributed by atoms with Gasteiger partial charge in [0.25, 0.3) is 0 Å². The summed E-state index contributed by atoms with van der Waals surface area (Å²) in [6.45, 7) is 6.96. The SMILES string of the molecule is CC(=O)OCCc1ccc(Cc2ccc(COC(C)=O)cc2O[C@@H]2O[C@H](COC(C)=O)[C@@H](OC(C)=O)[C@H](OC(C)=O)[C@H]2OC(C)=O)cc1. The van der Waals surface area contributed by atoms with Crippen LogP contribution in [0, 0.1) is 0 Å². The van der Waals surface area contributed by atoms with Crippen LogP contribution < -0.4 is 4.74 Å². The Hall–Kier alpha value is -4.98. The minimum absolute atomic E-state index is 0.0679. The van der Waals surface area contributed by atoms with E-state index in [1.165, 1.54) is 20.8 Å². The number of rotatable bonds is 14. The molecule has 2 aromatic carbocycles. The fraction of sp³-hybridized carbons (Fsp3) is 0.471. The van der Waals surface area contributed by atoms with Crippen LogP contribution in [0.3, 0.4) is 0 Å². The zero-order valence-corrected chi connectivity index (χ0v) is 27.7. The van der Waals surface area contributed by atoms with Crippen molar-refractivity contribution in [1.29, 1.82) is 0 Å². The van der Waals surface area contributed by atoms with Gasteiger partial charge in [0.05, 0.1) is 6.61 Å². The van der Waals surface area contributed by atoms with Crippen molar-refractivity contribution in [2.24, 2.45) is 0 Å². The normalized spacial score (nSPS) is 20.1. The highest BCUT2D eigenvalue weighted by Gasteiger charge is 2.53. The van der Waals surface area contributed by atoms with Gasteiger partial charge < -0.3 is 37.9 Å². The molecule has 14 heteroatoms. The zero-order chi connectivity index (χ0) is 35.4. The topological polar surface area (TPSA) is 176 Å². The lowest BCUT2D eigenvalue weighted by Crippen LogP contribution is -2.63. The maximum atomic E-state index is 12.3. The van der Waals surface area contributed by atoms with Crippen LogP contribution >= 0.6 is 0 Å². The van der Waals surface area contributed by atoms with Gasteiger partial charge in [0.1, 0.15) is 25.1 Å². The van der Waals surface area contributed by atoms with Crippen LogP contribution in [0.2, 0.25) is 0 Å². The molecule has 1 heterocycles. The van der Waals surface area contributed by atoms with Gasteiger partial charge in [-0.15, -0.1) is 0 Å². The van der Waals surface area contributed by atoms with E-state index >= 15 is 0 Å². The van der Waals surface area contributed by atoms with Crippen molar-refractivity contribution in [1.82, 2.24) is 0 Å². The molecule has 1 saturated heterocycles. The first-order chi connectivity index (χ1) is 22.7. The largest absolute Gasteiger partial charge is 0.466 e. The van der Waals surface area contributed by atoms with Gasteiger partial charge in [-0.05, 0) is 28.3 Å². The summed E-state index contributed by atoms with van der Waals surface area (Å²) in [5.41, 5.74) is 3.08. The van der Waals surface area contributed by atoms with Crippen LogP contribution in [0.15, 0.2) is 42.5 Å². The van der Waals surface area contributed by atoms with E-state index in [0.29, 0.717) is 24.0 Å². The van der Waals surface area contributed by atoms with Crippen LogP contribution in [0.25, 0.3) is 0 Å². The molecule has 14 nitrogen and oxygen atoms in total. The number of ether oxygens (including phenoxy) is 8. The fourth-order valence-corrected chi connectivity index (χ4v) is 4.89. The molecule has 1 fully saturated rings. The maximum Gasteiger partial charge on any atom is 0.303 e. The van der Waals surface area contributed by atoms with Gasteiger partial charge in [-0.2, -0.15) is 0 Å². The molecule has 3 rings (SSSR count). The molecular formula is C34H40O14. The zero-order valence-electron chi connectivity index (χ0n) is 27.7. The molecular weight excluding hydrogens is 632 g/mol.